The van der Waals surface area contributed by atoms with Crippen LogP contribution in [-0.4, -0.2) is 140 Å². The Morgan fingerprint density at radius 1 is 0.571 bits per heavy atom. The molecule has 0 aromatic rings. The molecule has 9 N–H and O–H groups in total. The molecule has 5 atom stereocenters. The Bertz CT molecular complexity index is 1540. The number of primary amides is 1. The molecule has 0 fully saturated rings. The van der Waals surface area contributed by atoms with Crippen LogP contribution in [0.15, 0.2) is 0 Å². The summed E-state index contributed by atoms with van der Waals surface area (Å²) in [6, 6.07) is -7.02. The lowest BCUT2D eigenvalue weighted by molar-refractivity contribution is -0.180. The van der Waals surface area contributed by atoms with Crippen molar-refractivity contribution in [3.8, 4) is 0 Å². The number of amides is 8. The topological polar surface area (TPSA) is 319 Å². The van der Waals surface area contributed by atoms with E-state index in [2.05, 4.69) is 37.2 Å². The van der Waals surface area contributed by atoms with Gasteiger partial charge in [0.25, 0.3) is 0 Å². The van der Waals surface area contributed by atoms with Gasteiger partial charge in [0.05, 0.1) is 13.0 Å². The van der Waals surface area contributed by atoms with Gasteiger partial charge < -0.3 is 71.4 Å². The summed E-state index contributed by atoms with van der Waals surface area (Å²) >= 11 is 0. The first kappa shape index (κ1) is 57.5. The van der Waals surface area contributed by atoms with Crippen molar-refractivity contribution in [2.75, 3.05) is 32.9 Å². The predicted octanol–water partition coefficient (Wildman–Crippen LogP) is 0.896. The number of carbonyl (C=O) groups excluding carboxylic acids is 9. The summed E-state index contributed by atoms with van der Waals surface area (Å²) in [7, 11) is 0. The number of hydrogen-bond donors (Lipinski definition) is 8. The second kappa shape index (κ2) is 27.6. The first-order valence-electron chi connectivity index (χ1n) is 20.8. The van der Waals surface area contributed by atoms with E-state index in [1.165, 1.54) is 6.92 Å². The molecule has 0 unspecified atom stereocenters. The van der Waals surface area contributed by atoms with E-state index in [0.717, 1.165) is 0 Å². The fraction of sp³-hybridized carbons (Fsp3) is 0.775. The number of ether oxygens (including phenoxy) is 6. The molecule has 8 amide bonds. The van der Waals surface area contributed by atoms with Gasteiger partial charge in [-0.2, -0.15) is 0 Å². The van der Waals surface area contributed by atoms with Crippen molar-refractivity contribution >= 4 is 53.8 Å². The van der Waals surface area contributed by atoms with Gasteiger partial charge in [-0.25, -0.2) is 19.2 Å². The monoisotopic (exact) mass is 905 g/mol. The third kappa shape index (κ3) is 27.3. The molecule has 23 heteroatoms. The van der Waals surface area contributed by atoms with E-state index in [9.17, 15) is 43.2 Å². The molecule has 0 bridgehead atoms. The smallest absolute Gasteiger partial charge is 0.408 e. The van der Waals surface area contributed by atoms with Crippen molar-refractivity contribution in [2.24, 2.45) is 5.73 Å². The Balaban J connectivity index is 6.47. The van der Waals surface area contributed by atoms with Crippen LogP contribution in [0.4, 0.5) is 14.4 Å². The molecule has 0 radical (unpaired) electrons. The molecular formula is C40H72N8O15. The highest BCUT2D eigenvalue weighted by Crippen LogP contribution is 2.12. The lowest BCUT2D eigenvalue weighted by Crippen LogP contribution is -2.61. The minimum Gasteiger partial charge on any atom is -0.464 e. The number of nitrogens with two attached hydrogens (primary N) is 1. The van der Waals surface area contributed by atoms with Crippen molar-refractivity contribution in [1.29, 1.82) is 0 Å². The molecule has 63 heavy (non-hydrogen) atoms. The quantitative estimate of drug-likeness (QED) is 0.0273. The average Bonchev–Trinajstić information content (AvgIpc) is 3.10. The number of esters is 1. The van der Waals surface area contributed by atoms with Crippen LogP contribution in [0.25, 0.3) is 0 Å². The maximum Gasteiger partial charge on any atom is 0.408 e. The third-order valence-electron chi connectivity index (χ3n) is 7.62. The van der Waals surface area contributed by atoms with Crippen molar-refractivity contribution in [2.45, 2.75) is 169 Å². The van der Waals surface area contributed by atoms with Crippen molar-refractivity contribution in [1.82, 2.24) is 37.2 Å². The van der Waals surface area contributed by atoms with Crippen LogP contribution in [0, 0.1) is 0 Å². The molecule has 0 saturated carbocycles. The Labute approximate surface area is 369 Å². The Hall–Kier alpha value is -5.45. The number of rotatable bonds is 25. The summed E-state index contributed by atoms with van der Waals surface area (Å²) in [5.74, 6) is -5.57. The molecule has 0 aliphatic carbocycles. The maximum atomic E-state index is 13.9. The molecular weight excluding hydrogens is 832 g/mol. The second-order valence-electron chi connectivity index (χ2n) is 17.1. The maximum absolute atomic E-state index is 13.9. The zero-order valence-corrected chi connectivity index (χ0v) is 39.0. The molecule has 0 aliphatic heterocycles. The first-order chi connectivity index (χ1) is 29.0. The fourth-order valence-electron chi connectivity index (χ4n) is 5.10. The average molecular weight is 905 g/mol. The van der Waals surface area contributed by atoms with E-state index >= 15 is 0 Å². The molecule has 0 spiro atoms. The lowest BCUT2D eigenvalue weighted by atomic mass is 10.1. The normalized spacial score (nSPS) is 14.0. The van der Waals surface area contributed by atoms with Crippen LogP contribution < -0.4 is 43.0 Å². The van der Waals surface area contributed by atoms with E-state index in [1.54, 1.807) is 83.1 Å². The molecule has 0 rings (SSSR count). The number of hydrogen-bond acceptors (Lipinski definition) is 15. The highest BCUT2D eigenvalue weighted by Gasteiger charge is 2.36. The Morgan fingerprint density at radius 3 is 1.57 bits per heavy atom. The highest BCUT2D eigenvalue weighted by atomic mass is 16.7. The SMILES string of the molecule is CCOC(=O)[C@H](NC(=O)[C@H](CNC(=O)C[C@H](CCCNC(=O)OC(C)(C)C)NC(=O)OC(C)(C)C)NC(=O)[C@H](C)NC(=O)[C@H](CC(N)=O)NC(=O)OC(C)(C)C)C(OCC)OCC. The van der Waals surface area contributed by atoms with E-state index in [-0.39, 0.29) is 39.2 Å². The van der Waals surface area contributed by atoms with E-state index in [1.807, 2.05) is 0 Å². The number of alkyl carbamates (subject to hydrolysis) is 3. The van der Waals surface area contributed by atoms with Gasteiger partial charge in [-0.3, -0.25) is 24.0 Å². The Morgan fingerprint density at radius 2 is 1.08 bits per heavy atom. The number of carbonyl (C=O) groups is 9. The minimum absolute atomic E-state index is 0.0684. The van der Waals surface area contributed by atoms with Gasteiger partial charge in [-0.1, -0.05) is 0 Å². The summed E-state index contributed by atoms with van der Waals surface area (Å²) in [6.45, 7) is 20.5. The molecule has 0 aromatic heterocycles. The first-order valence-corrected chi connectivity index (χ1v) is 20.8. The van der Waals surface area contributed by atoms with Crippen molar-refractivity contribution < 1.29 is 71.6 Å². The van der Waals surface area contributed by atoms with Crippen LogP contribution in [0.5, 0.6) is 0 Å². The van der Waals surface area contributed by atoms with Gasteiger partial charge in [0.2, 0.25) is 29.5 Å². The zero-order chi connectivity index (χ0) is 48.7. The van der Waals surface area contributed by atoms with Crippen LogP contribution in [-0.2, 0) is 57.2 Å². The van der Waals surface area contributed by atoms with Gasteiger partial charge in [0, 0.05) is 38.8 Å². The van der Waals surface area contributed by atoms with Crippen LogP contribution in [0.1, 0.15) is 116 Å². The summed E-state index contributed by atoms with van der Waals surface area (Å²) in [6.07, 6.45) is -4.37. The van der Waals surface area contributed by atoms with Crippen LogP contribution in [0.3, 0.4) is 0 Å². The zero-order valence-electron chi connectivity index (χ0n) is 39.0. The largest absolute Gasteiger partial charge is 0.464 e. The summed E-state index contributed by atoms with van der Waals surface area (Å²) in [4.78, 5) is 116. The lowest BCUT2D eigenvalue weighted by Gasteiger charge is -2.28. The van der Waals surface area contributed by atoms with Crippen LogP contribution >= 0.6 is 0 Å². The van der Waals surface area contributed by atoms with Crippen LogP contribution in [0.2, 0.25) is 0 Å². The van der Waals surface area contributed by atoms with Crippen molar-refractivity contribution in [3.63, 3.8) is 0 Å². The molecule has 0 aliphatic rings. The molecule has 0 saturated heterocycles. The van der Waals surface area contributed by atoms with Gasteiger partial charge in [-0.15, -0.1) is 0 Å². The van der Waals surface area contributed by atoms with Gasteiger partial charge >= 0.3 is 24.2 Å². The highest BCUT2D eigenvalue weighted by molar-refractivity contribution is 5.96. The molecule has 0 aromatic carbocycles. The minimum atomic E-state index is -1.64. The third-order valence-corrected chi connectivity index (χ3v) is 7.62. The van der Waals surface area contributed by atoms with Gasteiger partial charge in [0.1, 0.15) is 34.9 Å². The standard InChI is InChI=1S/C40H72N8O15/c1-14-58-33(54)29(34(59-15-2)60-16-3)48-32(53)26(46-30(51)23(4)44-31(52)25(21-27(41)49)47-37(57)63-40(11,12)13)22-43-28(50)20-24(45-36(56)62-39(8,9)10)18-17-19-42-35(55)61-38(5,6)7/h23-26,29,34H,14-22H2,1-13H3,(H2,41,49)(H,42,55)(H,43,50)(H,44,52)(H,45,56)(H,46,51)(H,47,57)(H,48,53)/t23-,24-,25-,26-,29-/m0/s1. The number of nitrogens with one attached hydrogen (secondary N) is 7. The van der Waals surface area contributed by atoms with Gasteiger partial charge in [-0.05, 0) is 103 Å². The summed E-state index contributed by atoms with van der Waals surface area (Å²) in [5.41, 5.74) is 2.74. The fourth-order valence-corrected chi connectivity index (χ4v) is 5.10. The predicted molar refractivity (Wildman–Crippen MR) is 226 cm³/mol. The Kier molecular flexibility index (Phi) is 25.2. The van der Waals surface area contributed by atoms with E-state index < -0.39 is 120 Å². The van der Waals surface area contributed by atoms with E-state index in [4.69, 9.17) is 34.2 Å². The molecule has 362 valence electrons. The summed E-state index contributed by atoms with van der Waals surface area (Å²) < 4.78 is 32.0. The van der Waals surface area contributed by atoms with Crippen molar-refractivity contribution in [3.05, 3.63) is 0 Å². The summed E-state index contributed by atoms with van der Waals surface area (Å²) in [5, 5.41) is 17.3. The van der Waals surface area contributed by atoms with E-state index in [0.29, 0.717) is 6.42 Å². The molecule has 23 nitrogen and oxygen atoms in total. The van der Waals surface area contributed by atoms with Gasteiger partial charge in [0.15, 0.2) is 12.3 Å². The second-order valence-corrected chi connectivity index (χ2v) is 17.1. The molecule has 0 heterocycles.